The number of aromatic nitrogens is 1. The van der Waals surface area contributed by atoms with Crippen molar-refractivity contribution in [1.82, 2.24) is 14.8 Å². The fourth-order valence-corrected chi connectivity index (χ4v) is 2.74. The zero-order valence-corrected chi connectivity index (χ0v) is 13.2. The number of carboxylic acid groups (broad SMARTS) is 1. The lowest BCUT2D eigenvalue weighted by molar-refractivity contribution is 0.0691. The molecule has 0 aliphatic carbocycles. The van der Waals surface area contributed by atoms with Gasteiger partial charge in [0.05, 0.1) is 5.52 Å². The molecule has 23 heavy (non-hydrogen) atoms. The van der Waals surface area contributed by atoms with Crippen LogP contribution < -0.4 is 4.74 Å². The second-order valence-corrected chi connectivity index (χ2v) is 5.84. The molecule has 1 aromatic heterocycles. The molecule has 1 fully saturated rings. The highest BCUT2D eigenvalue weighted by Crippen LogP contribution is 2.25. The smallest absolute Gasteiger partial charge is 0.339 e. The van der Waals surface area contributed by atoms with E-state index < -0.39 is 5.97 Å². The topological polar surface area (TPSA) is 65.9 Å². The van der Waals surface area contributed by atoms with Crippen molar-refractivity contribution in [3.8, 4) is 5.75 Å². The van der Waals surface area contributed by atoms with Gasteiger partial charge in [-0.1, -0.05) is 6.07 Å². The number of likely N-dealkylation sites (N-methyl/N-ethyl adjacent to an activating group) is 1. The van der Waals surface area contributed by atoms with Crippen molar-refractivity contribution >= 4 is 16.9 Å². The van der Waals surface area contributed by atoms with Crippen LogP contribution in [0.25, 0.3) is 10.9 Å². The number of rotatable bonds is 5. The van der Waals surface area contributed by atoms with E-state index in [0.29, 0.717) is 12.4 Å². The summed E-state index contributed by atoms with van der Waals surface area (Å²) in [5, 5.41) is 10.2. The van der Waals surface area contributed by atoms with E-state index in [4.69, 9.17) is 4.74 Å². The van der Waals surface area contributed by atoms with Gasteiger partial charge in [-0.3, -0.25) is 9.88 Å². The van der Waals surface area contributed by atoms with Crippen LogP contribution in [0, 0.1) is 0 Å². The molecule has 1 N–H and O–H groups in total. The first kappa shape index (κ1) is 15.7. The molecule has 6 heteroatoms. The van der Waals surface area contributed by atoms with Gasteiger partial charge in [0.25, 0.3) is 0 Å². The molecule has 0 amide bonds. The predicted octanol–water partition coefficient (Wildman–Crippen LogP) is 1.56. The molecular formula is C17H21N3O3. The van der Waals surface area contributed by atoms with Gasteiger partial charge in [-0.05, 0) is 19.2 Å². The Hall–Kier alpha value is -2.18. The van der Waals surface area contributed by atoms with Crippen molar-refractivity contribution < 1.29 is 14.6 Å². The Morgan fingerprint density at radius 2 is 2.09 bits per heavy atom. The molecule has 2 heterocycles. The molecule has 122 valence electrons. The summed E-state index contributed by atoms with van der Waals surface area (Å²) in [6, 6.07) is 6.98. The molecule has 2 aromatic rings. The fourth-order valence-electron chi connectivity index (χ4n) is 2.74. The number of piperazine rings is 1. The first-order chi connectivity index (χ1) is 11.1. The lowest BCUT2D eigenvalue weighted by atomic mass is 10.1. The molecule has 1 aliphatic heterocycles. The Morgan fingerprint density at radius 1 is 1.30 bits per heavy atom. The molecule has 3 rings (SSSR count). The van der Waals surface area contributed by atoms with E-state index in [1.54, 1.807) is 24.4 Å². The molecule has 1 aliphatic rings. The molecular weight excluding hydrogens is 294 g/mol. The summed E-state index contributed by atoms with van der Waals surface area (Å²) >= 11 is 0. The highest BCUT2D eigenvalue weighted by atomic mass is 16.5. The molecule has 0 spiro atoms. The molecule has 0 atom stereocenters. The normalized spacial score (nSPS) is 16.6. The van der Waals surface area contributed by atoms with Crippen LogP contribution in [0.3, 0.4) is 0 Å². The van der Waals surface area contributed by atoms with Gasteiger partial charge in [0.15, 0.2) is 0 Å². The Kier molecular flexibility index (Phi) is 4.73. The standard InChI is InChI=1S/C17H21N3O3/c1-19-5-7-20(8-6-19)9-10-23-16-12-15-13(3-2-4-18-15)11-14(16)17(21)22/h2-4,11-12H,5-10H2,1H3,(H,21,22). The van der Waals surface area contributed by atoms with E-state index in [0.717, 1.165) is 43.6 Å². The van der Waals surface area contributed by atoms with Crippen molar-refractivity contribution in [3.05, 3.63) is 36.0 Å². The number of ether oxygens (including phenoxy) is 1. The highest BCUT2D eigenvalue weighted by molar-refractivity contribution is 5.96. The Balaban J connectivity index is 1.69. The van der Waals surface area contributed by atoms with Crippen LogP contribution >= 0.6 is 0 Å². The Bertz CT molecular complexity index is 697. The average Bonchev–Trinajstić information content (AvgIpc) is 2.56. The molecule has 1 saturated heterocycles. The third kappa shape index (κ3) is 3.78. The van der Waals surface area contributed by atoms with Crippen molar-refractivity contribution in [2.24, 2.45) is 0 Å². The van der Waals surface area contributed by atoms with E-state index in [1.807, 2.05) is 6.07 Å². The van der Waals surface area contributed by atoms with E-state index >= 15 is 0 Å². The minimum absolute atomic E-state index is 0.184. The minimum Gasteiger partial charge on any atom is -0.491 e. The molecule has 0 radical (unpaired) electrons. The zero-order valence-electron chi connectivity index (χ0n) is 13.2. The number of benzene rings is 1. The largest absolute Gasteiger partial charge is 0.491 e. The van der Waals surface area contributed by atoms with Crippen LogP contribution in [-0.2, 0) is 0 Å². The van der Waals surface area contributed by atoms with E-state index in [2.05, 4.69) is 21.8 Å². The first-order valence-electron chi connectivity index (χ1n) is 7.79. The zero-order chi connectivity index (χ0) is 16.2. The lowest BCUT2D eigenvalue weighted by Gasteiger charge is -2.32. The van der Waals surface area contributed by atoms with Crippen LogP contribution in [0.2, 0.25) is 0 Å². The van der Waals surface area contributed by atoms with Crippen molar-refractivity contribution in [2.75, 3.05) is 46.4 Å². The molecule has 6 nitrogen and oxygen atoms in total. The van der Waals surface area contributed by atoms with E-state index in [9.17, 15) is 9.90 Å². The first-order valence-corrected chi connectivity index (χ1v) is 7.79. The number of fused-ring (bicyclic) bond motifs is 1. The van der Waals surface area contributed by atoms with Gasteiger partial charge in [0, 0.05) is 50.4 Å². The average molecular weight is 315 g/mol. The van der Waals surface area contributed by atoms with E-state index in [1.165, 1.54) is 0 Å². The van der Waals surface area contributed by atoms with Gasteiger partial charge in [0.2, 0.25) is 0 Å². The SMILES string of the molecule is CN1CCN(CCOc2cc3ncccc3cc2C(=O)O)CC1. The number of carbonyl (C=O) groups is 1. The van der Waals surface area contributed by atoms with Crippen molar-refractivity contribution in [1.29, 1.82) is 0 Å². The quantitative estimate of drug-likeness (QED) is 0.903. The van der Waals surface area contributed by atoms with Gasteiger partial charge in [0.1, 0.15) is 17.9 Å². The summed E-state index contributed by atoms with van der Waals surface area (Å²) in [5.74, 6) is -0.594. The minimum atomic E-state index is -0.981. The maximum atomic E-state index is 11.5. The van der Waals surface area contributed by atoms with Crippen LogP contribution in [0.4, 0.5) is 0 Å². The van der Waals surface area contributed by atoms with Crippen LogP contribution in [-0.4, -0.2) is 72.2 Å². The van der Waals surface area contributed by atoms with Gasteiger partial charge < -0.3 is 14.7 Å². The van der Waals surface area contributed by atoms with Crippen LogP contribution in [0.5, 0.6) is 5.75 Å². The second-order valence-electron chi connectivity index (χ2n) is 5.84. The number of aromatic carboxylic acids is 1. The number of pyridine rings is 1. The summed E-state index contributed by atoms with van der Waals surface area (Å²) in [4.78, 5) is 20.3. The predicted molar refractivity (Wildman–Crippen MR) is 88.1 cm³/mol. The number of nitrogens with zero attached hydrogens (tertiary/aromatic N) is 3. The highest BCUT2D eigenvalue weighted by Gasteiger charge is 2.16. The Morgan fingerprint density at radius 3 is 2.83 bits per heavy atom. The summed E-state index contributed by atoms with van der Waals surface area (Å²) in [6.07, 6.45) is 1.69. The fraction of sp³-hybridized carbons (Fsp3) is 0.412. The van der Waals surface area contributed by atoms with Gasteiger partial charge in [-0.15, -0.1) is 0 Å². The summed E-state index contributed by atoms with van der Waals surface area (Å²) in [7, 11) is 2.12. The van der Waals surface area contributed by atoms with Gasteiger partial charge >= 0.3 is 5.97 Å². The maximum absolute atomic E-state index is 11.5. The van der Waals surface area contributed by atoms with E-state index in [-0.39, 0.29) is 5.56 Å². The number of carboxylic acids is 1. The molecule has 0 bridgehead atoms. The van der Waals surface area contributed by atoms with Crippen LogP contribution in [0.15, 0.2) is 30.5 Å². The van der Waals surface area contributed by atoms with Gasteiger partial charge in [-0.2, -0.15) is 0 Å². The van der Waals surface area contributed by atoms with Crippen molar-refractivity contribution in [3.63, 3.8) is 0 Å². The summed E-state index contributed by atoms with van der Waals surface area (Å²) in [5.41, 5.74) is 0.927. The van der Waals surface area contributed by atoms with Gasteiger partial charge in [-0.25, -0.2) is 4.79 Å². The summed E-state index contributed by atoms with van der Waals surface area (Å²) < 4.78 is 5.76. The lowest BCUT2D eigenvalue weighted by Crippen LogP contribution is -2.45. The number of hydrogen-bond acceptors (Lipinski definition) is 5. The maximum Gasteiger partial charge on any atom is 0.339 e. The third-order valence-corrected chi connectivity index (χ3v) is 4.20. The van der Waals surface area contributed by atoms with Crippen LogP contribution in [0.1, 0.15) is 10.4 Å². The third-order valence-electron chi connectivity index (χ3n) is 4.20. The number of hydrogen-bond donors (Lipinski definition) is 1. The molecule has 1 aromatic carbocycles. The monoisotopic (exact) mass is 315 g/mol. The molecule has 0 saturated carbocycles. The van der Waals surface area contributed by atoms with Crippen molar-refractivity contribution in [2.45, 2.75) is 0 Å². The summed E-state index contributed by atoms with van der Waals surface area (Å²) in [6.45, 7) is 5.42. The molecule has 0 unspecified atom stereocenters. The Labute approximate surface area is 135 Å². The second kappa shape index (κ2) is 6.93.